The Balaban J connectivity index is 1.79. The van der Waals surface area contributed by atoms with Crippen LogP contribution in [0.5, 0.6) is 5.75 Å². The number of ether oxygens (including phenoxy) is 3. The summed E-state index contributed by atoms with van der Waals surface area (Å²) in [6, 6.07) is 5.60. The molecule has 1 aromatic carbocycles. The summed E-state index contributed by atoms with van der Waals surface area (Å²) in [6.07, 6.45) is 0.790. The molecule has 1 aromatic rings. The van der Waals surface area contributed by atoms with Gasteiger partial charge in [0.1, 0.15) is 11.9 Å². The minimum atomic E-state index is -0.244. The zero-order valence-corrected chi connectivity index (χ0v) is 16.5. The number of methoxy groups -OCH3 is 1. The molecule has 3 rings (SSSR count). The number of rotatable bonds is 6. The molecule has 0 bridgehead atoms. The van der Waals surface area contributed by atoms with E-state index in [9.17, 15) is 9.59 Å². The van der Waals surface area contributed by atoms with Crippen LogP contribution in [-0.2, 0) is 20.7 Å². The van der Waals surface area contributed by atoms with Gasteiger partial charge in [0.15, 0.2) is 5.78 Å². The fourth-order valence-electron chi connectivity index (χ4n) is 4.24. The molecule has 0 spiro atoms. The van der Waals surface area contributed by atoms with E-state index in [1.54, 1.807) is 0 Å². The van der Waals surface area contributed by atoms with E-state index in [1.807, 2.05) is 32.2 Å². The molecule has 0 saturated carbocycles. The van der Waals surface area contributed by atoms with Crippen molar-refractivity contribution < 1.29 is 23.8 Å². The molecular formula is C21H29NO5. The highest BCUT2D eigenvalue weighted by molar-refractivity contribution is 6.00. The highest BCUT2D eigenvalue weighted by Crippen LogP contribution is 2.38. The normalized spacial score (nSPS) is 28.4. The Bertz CT molecular complexity index is 702. The molecule has 0 radical (unpaired) electrons. The topological polar surface area (TPSA) is 73.9 Å². The van der Waals surface area contributed by atoms with Gasteiger partial charge in [-0.3, -0.25) is 9.59 Å². The second kappa shape index (κ2) is 8.40. The summed E-state index contributed by atoms with van der Waals surface area (Å²) >= 11 is 0. The van der Waals surface area contributed by atoms with E-state index in [-0.39, 0.29) is 35.8 Å². The summed E-state index contributed by atoms with van der Waals surface area (Å²) in [7, 11) is 3.30. The Labute approximate surface area is 160 Å². The first-order valence-corrected chi connectivity index (χ1v) is 9.61. The molecule has 27 heavy (non-hydrogen) atoms. The van der Waals surface area contributed by atoms with Crippen molar-refractivity contribution in [3.63, 3.8) is 0 Å². The quantitative estimate of drug-likeness (QED) is 0.769. The van der Waals surface area contributed by atoms with Crippen molar-refractivity contribution in [3.05, 3.63) is 29.3 Å². The number of benzene rings is 1. The molecule has 0 amide bonds. The molecule has 5 unspecified atom stereocenters. The van der Waals surface area contributed by atoms with Gasteiger partial charge in [0, 0.05) is 18.9 Å². The number of Topliss-reactive ketones (excluding diaryl/α,β-unsaturated/α-hetero) is 1. The van der Waals surface area contributed by atoms with Gasteiger partial charge in [-0.2, -0.15) is 0 Å². The van der Waals surface area contributed by atoms with E-state index in [2.05, 4.69) is 12.2 Å². The van der Waals surface area contributed by atoms with Crippen LogP contribution in [0, 0.1) is 17.8 Å². The van der Waals surface area contributed by atoms with Crippen molar-refractivity contribution >= 4 is 11.8 Å². The zero-order chi connectivity index (χ0) is 19.6. The molecule has 1 fully saturated rings. The van der Waals surface area contributed by atoms with Gasteiger partial charge in [0.2, 0.25) is 0 Å². The molecule has 6 heteroatoms. The number of carbonyl (C=O) groups is 2. The minimum Gasteiger partial charge on any atom is -0.489 e. The minimum absolute atomic E-state index is 0.0480. The van der Waals surface area contributed by atoms with E-state index in [4.69, 9.17) is 14.2 Å². The fourth-order valence-corrected chi connectivity index (χ4v) is 4.24. The lowest BCUT2D eigenvalue weighted by molar-refractivity contribution is -0.144. The summed E-state index contributed by atoms with van der Waals surface area (Å²) in [5, 5.41) is 3.17. The number of nitrogens with one attached hydrogen (secondary N) is 1. The molecular weight excluding hydrogens is 346 g/mol. The first kappa shape index (κ1) is 19.8. The number of carbonyl (C=O) groups excluding carboxylic acids is 2. The first-order valence-electron chi connectivity index (χ1n) is 9.61. The number of likely N-dealkylation sites (N-methyl/N-ethyl adjacent to an activating group) is 1. The van der Waals surface area contributed by atoms with Crippen molar-refractivity contribution in [2.45, 2.75) is 38.9 Å². The molecule has 1 saturated heterocycles. The predicted octanol–water partition coefficient (Wildman–Crippen LogP) is 2.24. The van der Waals surface area contributed by atoms with Crippen LogP contribution < -0.4 is 10.1 Å². The molecule has 6 nitrogen and oxygen atoms in total. The second-order valence-corrected chi connectivity index (χ2v) is 7.73. The second-order valence-electron chi connectivity index (χ2n) is 7.73. The van der Waals surface area contributed by atoms with Gasteiger partial charge in [-0.05, 0) is 37.1 Å². The van der Waals surface area contributed by atoms with Crippen LogP contribution in [0.25, 0.3) is 0 Å². The van der Waals surface area contributed by atoms with Crippen LogP contribution in [-0.4, -0.2) is 51.3 Å². The Hall–Kier alpha value is -1.92. The predicted molar refractivity (Wildman–Crippen MR) is 101 cm³/mol. The van der Waals surface area contributed by atoms with Gasteiger partial charge in [0.25, 0.3) is 0 Å². The Morgan fingerprint density at radius 1 is 1.41 bits per heavy atom. The molecule has 148 valence electrons. The van der Waals surface area contributed by atoms with Crippen molar-refractivity contribution in [1.82, 2.24) is 5.32 Å². The lowest BCUT2D eigenvalue weighted by Gasteiger charge is -2.33. The smallest absolute Gasteiger partial charge is 0.308 e. The van der Waals surface area contributed by atoms with Crippen LogP contribution >= 0.6 is 0 Å². The van der Waals surface area contributed by atoms with Gasteiger partial charge >= 0.3 is 5.97 Å². The lowest BCUT2D eigenvalue weighted by atomic mass is 9.82. The van der Waals surface area contributed by atoms with E-state index in [0.29, 0.717) is 36.7 Å². The van der Waals surface area contributed by atoms with Gasteiger partial charge < -0.3 is 19.5 Å². The first-order chi connectivity index (χ1) is 12.9. The van der Waals surface area contributed by atoms with Crippen LogP contribution in [0.15, 0.2) is 18.2 Å². The van der Waals surface area contributed by atoms with Crippen LogP contribution in [0.1, 0.15) is 36.2 Å². The summed E-state index contributed by atoms with van der Waals surface area (Å²) < 4.78 is 17.0. The maximum Gasteiger partial charge on any atom is 0.308 e. The summed E-state index contributed by atoms with van der Waals surface area (Å²) in [6.45, 7) is 5.42. The summed E-state index contributed by atoms with van der Waals surface area (Å²) in [5.74, 6) is 0.752. The van der Waals surface area contributed by atoms with Crippen molar-refractivity contribution in [3.8, 4) is 5.75 Å². The number of ketones is 1. The molecule has 0 aromatic heterocycles. The van der Waals surface area contributed by atoms with Crippen molar-refractivity contribution in [2.75, 3.05) is 27.3 Å². The van der Waals surface area contributed by atoms with Crippen molar-refractivity contribution in [1.29, 1.82) is 0 Å². The SMILES string of the molecule is CNCC1OCC(C)C1C1CC(=O)c2ccc(CC(C)C(=O)OC)cc2O1. The van der Waals surface area contributed by atoms with E-state index in [0.717, 1.165) is 12.1 Å². The summed E-state index contributed by atoms with van der Waals surface area (Å²) in [4.78, 5) is 24.4. The largest absolute Gasteiger partial charge is 0.489 e. The van der Waals surface area contributed by atoms with Crippen LogP contribution in [0.4, 0.5) is 0 Å². The molecule has 2 aliphatic heterocycles. The molecule has 0 aliphatic carbocycles. The average molecular weight is 375 g/mol. The fraction of sp³-hybridized carbons (Fsp3) is 0.619. The number of fused-ring (bicyclic) bond motifs is 1. The number of esters is 1. The van der Waals surface area contributed by atoms with Gasteiger partial charge in [0.05, 0.1) is 31.3 Å². The monoisotopic (exact) mass is 375 g/mol. The van der Waals surface area contributed by atoms with E-state index < -0.39 is 0 Å². The Morgan fingerprint density at radius 2 is 2.19 bits per heavy atom. The number of hydrogen-bond donors (Lipinski definition) is 1. The Morgan fingerprint density at radius 3 is 2.89 bits per heavy atom. The van der Waals surface area contributed by atoms with Crippen molar-refractivity contribution in [2.24, 2.45) is 17.8 Å². The zero-order valence-electron chi connectivity index (χ0n) is 16.5. The van der Waals surface area contributed by atoms with E-state index in [1.165, 1.54) is 7.11 Å². The highest BCUT2D eigenvalue weighted by atomic mass is 16.5. The van der Waals surface area contributed by atoms with Gasteiger partial charge in [-0.15, -0.1) is 0 Å². The summed E-state index contributed by atoms with van der Waals surface area (Å²) in [5.41, 5.74) is 1.58. The molecule has 2 aliphatic rings. The third-order valence-corrected chi connectivity index (χ3v) is 5.65. The standard InChI is InChI=1S/C21H29NO5/c1-12(21(24)25-4)7-14-5-6-15-16(23)9-18(27-17(15)8-14)20-13(2)11-26-19(20)10-22-3/h5-6,8,12-13,18-20,22H,7,9-11H2,1-4H3. The van der Waals surface area contributed by atoms with Crippen LogP contribution in [0.3, 0.4) is 0 Å². The van der Waals surface area contributed by atoms with E-state index >= 15 is 0 Å². The number of hydrogen-bond acceptors (Lipinski definition) is 6. The third-order valence-electron chi connectivity index (χ3n) is 5.65. The van der Waals surface area contributed by atoms with Crippen LogP contribution in [0.2, 0.25) is 0 Å². The maximum absolute atomic E-state index is 12.7. The van der Waals surface area contributed by atoms with Gasteiger partial charge in [-0.1, -0.05) is 19.9 Å². The lowest BCUT2D eigenvalue weighted by Crippen LogP contribution is -2.43. The maximum atomic E-state index is 12.7. The molecule has 2 heterocycles. The molecule has 5 atom stereocenters. The molecule has 1 N–H and O–H groups in total. The Kier molecular flexibility index (Phi) is 6.17. The average Bonchev–Trinajstić information content (AvgIpc) is 3.01. The highest BCUT2D eigenvalue weighted by Gasteiger charge is 2.43. The third kappa shape index (κ3) is 4.17. The van der Waals surface area contributed by atoms with Gasteiger partial charge in [-0.25, -0.2) is 0 Å².